The van der Waals surface area contributed by atoms with Crippen molar-refractivity contribution in [3.05, 3.63) is 35.2 Å². The van der Waals surface area contributed by atoms with Crippen molar-refractivity contribution in [3.8, 4) is 11.8 Å². The average molecular weight is 160 g/mol. The summed E-state index contributed by atoms with van der Waals surface area (Å²) in [5.74, 6) is 1.08. The number of hydrogen-bond donors (Lipinski definition) is 1. The Bertz CT molecular complexity index is 323. The molecule has 0 aromatic heterocycles. The van der Waals surface area contributed by atoms with Crippen molar-refractivity contribution in [1.82, 2.24) is 0 Å². The van der Waals surface area contributed by atoms with Crippen LogP contribution in [0.15, 0.2) is 18.2 Å². The maximum atomic E-state index is 9.30. The smallest absolute Gasteiger partial charge is 0.133 e. The molecule has 0 spiro atoms. The average Bonchev–Trinajstić information content (AvgIpc) is 2.03. The fourth-order valence-electron chi connectivity index (χ4n) is 1.07. The molecule has 1 aromatic rings. The Morgan fingerprint density at radius 1 is 1.42 bits per heavy atom. The molecule has 1 N–H and O–H groups in total. The highest BCUT2D eigenvalue weighted by Crippen LogP contribution is 2.24. The summed E-state index contributed by atoms with van der Waals surface area (Å²) in [6.45, 7) is 3.82. The zero-order valence-corrected chi connectivity index (χ0v) is 7.13. The number of nitriles is 1. The molecule has 0 aliphatic rings. The molecule has 0 saturated carbocycles. The third-order valence-electron chi connectivity index (χ3n) is 1.69. The number of hydrogen-bond acceptors (Lipinski definition) is 2. The highest BCUT2D eigenvalue weighted by molar-refractivity contribution is 5.52. The van der Waals surface area contributed by atoms with Crippen LogP contribution in [0.1, 0.15) is 25.0 Å². The first-order valence-corrected chi connectivity index (χ1v) is 3.69. The lowest BCUT2D eigenvalue weighted by atomic mass is 9.97. The van der Waals surface area contributed by atoms with E-state index in [-0.39, 0.29) is 5.75 Å². The van der Waals surface area contributed by atoms with Gasteiger partial charge in [0.05, 0.1) is 5.56 Å². The molecule has 0 heterocycles. The van der Waals surface area contributed by atoms with E-state index in [1.54, 1.807) is 6.07 Å². The third-order valence-corrected chi connectivity index (χ3v) is 1.69. The number of rotatable bonds is 1. The highest BCUT2D eigenvalue weighted by atomic mass is 16.3. The first-order valence-electron chi connectivity index (χ1n) is 3.69. The number of nitrogens with zero attached hydrogens (tertiary/aromatic N) is 1. The summed E-state index contributed by atoms with van der Waals surface area (Å²) in [7, 11) is 0. The molecule has 0 amide bonds. The van der Waals surface area contributed by atoms with Crippen LogP contribution in [0, 0.1) is 17.2 Å². The van der Waals surface area contributed by atoms with E-state index >= 15 is 0 Å². The van der Waals surface area contributed by atoms with Crippen LogP contribution in [-0.4, -0.2) is 5.11 Å². The van der Waals surface area contributed by atoms with Gasteiger partial charge in [0, 0.05) is 5.92 Å². The number of phenols is 1. The first kappa shape index (κ1) is 8.61. The molecular weight excluding hydrogens is 150 g/mol. The number of aromatic hydroxyl groups is 1. The van der Waals surface area contributed by atoms with Gasteiger partial charge in [-0.1, -0.05) is 26.0 Å². The van der Waals surface area contributed by atoms with Crippen LogP contribution in [0.2, 0.25) is 0 Å². The van der Waals surface area contributed by atoms with Crippen LogP contribution in [0.3, 0.4) is 0 Å². The minimum atomic E-state index is 0.0520. The van der Waals surface area contributed by atoms with Gasteiger partial charge in [-0.3, -0.25) is 0 Å². The zero-order chi connectivity index (χ0) is 9.14. The normalized spacial score (nSPS) is 9.83. The van der Waals surface area contributed by atoms with Gasteiger partial charge in [-0.05, 0) is 11.6 Å². The van der Waals surface area contributed by atoms with Crippen molar-refractivity contribution in [2.75, 3.05) is 0 Å². The summed E-state index contributed by atoms with van der Waals surface area (Å²) in [6.07, 6.45) is 0. The summed E-state index contributed by atoms with van der Waals surface area (Å²) >= 11 is 0. The van der Waals surface area contributed by atoms with Crippen LogP contribution in [0.4, 0.5) is 0 Å². The molecule has 61 valence electrons. The fraction of sp³-hybridized carbons (Fsp3) is 0.200. The van der Waals surface area contributed by atoms with Gasteiger partial charge in [-0.25, -0.2) is 0 Å². The van der Waals surface area contributed by atoms with Crippen molar-refractivity contribution in [3.63, 3.8) is 0 Å². The highest BCUT2D eigenvalue weighted by Gasteiger charge is 2.09. The molecule has 1 radical (unpaired) electrons. The summed E-state index contributed by atoms with van der Waals surface area (Å²) in [5.41, 5.74) is 1.18. The Kier molecular flexibility index (Phi) is 2.35. The van der Waals surface area contributed by atoms with Crippen molar-refractivity contribution in [2.45, 2.75) is 13.8 Å². The lowest BCUT2D eigenvalue weighted by Crippen LogP contribution is -1.92. The molecule has 0 aliphatic carbocycles. The van der Waals surface area contributed by atoms with E-state index in [1.165, 1.54) is 6.07 Å². The van der Waals surface area contributed by atoms with Gasteiger partial charge in [-0.2, -0.15) is 5.26 Å². The maximum Gasteiger partial charge on any atom is 0.133 e. The van der Waals surface area contributed by atoms with Crippen LogP contribution >= 0.6 is 0 Å². The van der Waals surface area contributed by atoms with Crippen molar-refractivity contribution in [1.29, 1.82) is 5.26 Å². The number of benzene rings is 1. The van der Waals surface area contributed by atoms with E-state index in [9.17, 15) is 5.11 Å². The number of phenolic OH excluding ortho intramolecular Hbond substituents is 1. The molecule has 1 aromatic carbocycles. The van der Waals surface area contributed by atoms with Gasteiger partial charge in [0.15, 0.2) is 0 Å². The second kappa shape index (κ2) is 3.27. The van der Waals surface area contributed by atoms with E-state index < -0.39 is 0 Å². The largest absolute Gasteiger partial charge is 0.507 e. The molecule has 2 heteroatoms. The monoisotopic (exact) mass is 160 g/mol. The van der Waals surface area contributed by atoms with E-state index in [4.69, 9.17) is 5.26 Å². The topological polar surface area (TPSA) is 44.0 Å². The lowest BCUT2D eigenvalue weighted by molar-refractivity contribution is 0.473. The Morgan fingerprint density at radius 2 is 2.08 bits per heavy atom. The second-order valence-corrected chi connectivity index (χ2v) is 2.81. The third kappa shape index (κ3) is 1.40. The van der Waals surface area contributed by atoms with Crippen LogP contribution < -0.4 is 0 Å². The SMILES string of the molecule is C[C](C)c1cccc(O)c1C#N. The summed E-state index contributed by atoms with van der Waals surface area (Å²) in [5, 5.41) is 18.0. The lowest BCUT2D eigenvalue weighted by Gasteiger charge is -2.07. The zero-order valence-electron chi connectivity index (χ0n) is 7.13. The van der Waals surface area contributed by atoms with Crippen LogP contribution in [-0.2, 0) is 0 Å². The van der Waals surface area contributed by atoms with E-state index in [0.717, 1.165) is 11.5 Å². The van der Waals surface area contributed by atoms with Crippen molar-refractivity contribution < 1.29 is 5.11 Å². The second-order valence-electron chi connectivity index (χ2n) is 2.81. The maximum absolute atomic E-state index is 9.30. The van der Waals surface area contributed by atoms with Gasteiger partial charge in [0.2, 0.25) is 0 Å². The Hall–Kier alpha value is -1.49. The molecule has 0 unspecified atom stereocenters. The predicted molar refractivity (Wildman–Crippen MR) is 46.5 cm³/mol. The van der Waals surface area contributed by atoms with Crippen molar-refractivity contribution >= 4 is 0 Å². The standard InChI is InChI=1S/C10H10NO/c1-7(2)8-4-3-5-10(12)9(8)6-11/h3-5,12H,1-2H3. The molecule has 0 atom stereocenters. The molecule has 0 bridgehead atoms. The Balaban J connectivity index is 3.30. The summed E-state index contributed by atoms with van der Waals surface area (Å²) in [6, 6.07) is 7.05. The van der Waals surface area contributed by atoms with E-state index in [0.29, 0.717) is 5.56 Å². The first-order chi connectivity index (χ1) is 5.66. The fourth-order valence-corrected chi connectivity index (χ4v) is 1.07. The predicted octanol–water partition coefficient (Wildman–Crippen LogP) is 2.23. The van der Waals surface area contributed by atoms with E-state index in [1.807, 2.05) is 26.0 Å². The summed E-state index contributed by atoms with van der Waals surface area (Å²) < 4.78 is 0. The van der Waals surface area contributed by atoms with Gasteiger partial charge >= 0.3 is 0 Å². The summed E-state index contributed by atoms with van der Waals surface area (Å²) in [4.78, 5) is 0. The molecular formula is C10H10NO. The molecule has 0 saturated heterocycles. The minimum absolute atomic E-state index is 0.0520. The molecule has 2 nitrogen and oxygen atoms in total. The minimum Gasteiger partial charge on any atom is -0.507 e. The van der Waals surface area contributed by atoms with Gasteiger partial charge in [0.25, 0.3) is 0 Å². The van der Waals surface area contributed by atoms with Crippen LogP contribution in [0.5, 0.6) is 5.75 Å². The molecule has 0 fully saturated rings. The van der Waals surface area contributed by atoms with Crippen LogP contribution in [0.25, 0.3) is 0 Å². The Morgan fingerprint density at radius 3 is 2.50 bits per heavy atom. The Labute approximate surface area is 72.1 Å². The van der Waals surface area contributed by atoms with Gasteiger partial charge < -0.3 is 5.11 Å². The molecule has 1 rings (SSSR count). The van der Waals surface area contributed by atoms with Crippen molar-refractivity contribution in [2.24, 2.45) is 0 Å². The molecule has 0 aliphatic heterocycles. The van der Waals surface area contributed by atoms with Gasteiger partial charge in [-0.15, -0.1) is 0 Å². The quantitative estimate of drug-likeness (QED) is 0.684. The van der Waals surface area contributed by atoms with Gasteiger partial charge in [0.1, 0.15) is 11.8 Å². The van der Waals surface area contributed by atoms with E-state index in [2.05, 4.69) is 0 Å². The molecule has 12 heavy (non-hydrogen) atoms.